The molecule has 29 heavy (non-hydrogen) atoms. The number of rotatable bonds is 7. The van der Waals surface area contributed by atoms with Crippen molar-refractivity contribution in [1.82, 2.24) is 10.2 Å². The van der Waals surface area contributed by atoms with Crippen molar-refractivity contribution in [3.63, 3.8) is 0 Å². The molecule has 148 valence electrons. The number of carbonyl (C=O) groups excluding carboxylic acids is 2. The van der Waals surface area contributed by atoms with Crippen molar-refractivity contribution in [3.8, 4) is 11.1 Å². The number of anilines is 1. The fraction of sp³-hybridized carbons (Fsp3) is 0.167. The first-order valence-corrected chi connectivity index (χ1v) is 9.53. The van der Waals surface area contributed by atoms with Crippen molar-refractivity contribution in [3.05, 3.63) is 90.0 Å². The van der Waals surface area contributed by atoms with E-state index in [-0.39, 0.29) is 11.8 Å². The summed E-state index contributed by atoms with van der Waals surface area (Å²) in [4.78, 5) is 27.2. The van der Waals surface area contributed by atoms with Crippen molar-refractivity contribution in [2.75, 3.05) is 32.5 Å². The van der Waals surface area contributed by atoms with Gasteiger partial charge in [-0.25, -0.2) is 0 Å². The Morgan fingerprint density at radius 1 is 0.759 bits per heavy atom. The van der Waals surface area contributed by atoms with Crippen molar-refractivity contribution in [2.45, 2.75) is 0 Å². The van der Waals surface area contributed by atoms with E-state index in [2.05, 4.69) is 10.6 Å². The SMILES string of the molecule is CN(C)CCNC(=O)c1ccccc1NC(=O)c1ccc(-c2ccccc2)cc1. The molecule has 0 bridgehead atoms. The highest BCUT2D eigenvalue weighted by Crippen LogP contribution is 2.20. The lowest BCUT2D eigenvalue weighted by Crippen LogP contribution is -2.32. The summed E-state index contributed by atoms with van der Waals surface area (Å²) < 4.78 is 0. The van der Waals surface area contributed by atoms with Gasteiger partial charge >= 0.3 is 0 Å². The Labute approximate surface area is 171 Å². The molecule has 0 radical (unpaired) electrons. The lowest BCUT2D eigenvalue weighted by molar-refractivity contribution is 0.0952. The van der Waals surface area contributed by atoms with E-state index in [1.807, 2.05) is 61.5 Å². The van der Waals surface area contributed by atoms with Crippen molar-refractivity contribution >= 4 is 17.5 Å². The summed E-state index contributed by atoms with van der Waals surface area (Å²) in [5.41, 5.74) is 3.61. The first-order valence-electron chi connectivity index (χ1n) is 9.53. The third-order valence-electron chi connectivity index (χ3n) is 4.52. The van der Waals surface area contributed by atoms with E-state index in [9.17, 15) is 9.59 Å². The van der Waals surface area contributed by atoms with Crippen LogP contribution in [0.2, 0.25) is 0 Å². The Morgan fingerprint density at radius 3 is 2.07 bits per heavy atom. The molecule has 0 unspecified atom stereocenters. The van der Waals surface area contributed by atoms with Crippen LogP contribution in [0, 0.1) is 0 Å². The molecule has 0 fully saturated rings. The Morgan fingerprint density at radius 2 is 1.38 bits per heavy atom. The highest BCUT2D eigenvalue weighted by atomic mass is 16.2. The number of para-hydroxylation sites is 1. The second-order valence-corrected chi connectivity index (χ2v) is 7.00. The molecule has 5 nitrogen and oxygen atoms in total. The maximum absolute atomic E-state index is 12.7. The molecular weight excluding hydrogens is 362 g/mol. The average Bonchev–Trinajstić information content (AvgIpc) is 2.74. The Kier molecular flexibility index (Phi) is 6.76. The van der Waals surface area contributed by atoms with Crippen LogP contribution in [0.5, 0.6) is 0 Å². The van der Waals surface area contributed by atoms with Crippen LogP contribution in [0.1, 0.15) is 20.7 Å². The number of nitrogens with zero attached hydrogens (tertiary/aromatic N) is 1. The summed E-state index contributed by atoms with van der Waals surface area (Å²) >= 11 is 0. The Bertz CT molecular complexity index is 967. The third-order valence-corrected chi connectivity index (χ3v) is 4.52. The van der Waals surface area contributed by atoms with E-state index < -0.39 is 0 Å². The minimum absolute atomic E-state index is 0.206. The average molecular weight is 387 g/mol. The van der Waals surface area contributed by atoms with E-state index in [0.29, 0.717) is 23.4 Å². The summed E-state index contributed by atoms with van der Waals surface area (Å²) in [6.07, 6.45) is 0. The van der Waals surface area contributed by atoms with E-state index in [0.717, 1.165) is 17.7 Å². The number of nitrogens with one attached hydrogen (secondary N) is 2. The smallest absolute Gasteiger partial charge is 0.255 e. The van der Waals surface area contributed by atoms with Gasteiger partial charge in [0.1, 0.15) is 0 Å². The maximum atomic E-state index is 12.7. The summed E-state index contributed by atoms with van der Waals surface area (Å²) in [6, 6.07) is 24.4. The fourth-order valence-electron chi connectivity index (χ4n) is 2.92. The highest BCUT2D eigenvalue weighted by molar-refractivity contribution is 6.09. The fourth-order valence-corrected chi connectivity index (χ4v) is 2.92. The van der Waals surface area contributed by atoms with Gasteiger partial charge in [0, 0.05) is 18.7 Å². The topological polar surface area (TPSA) is 61.4 Å². The van der Waals surface area contributed by atoms with Gasteiger partial charge in [-0.15, -0.1) is 0 Å². The first-order chi connectivity index (χ1) is 14.0. The van der Waals surface area contributed by atoms with Gasteiger partial charge in [-0.3, -0.25) is 9.59 Å². The molecule has 3 aromatic rings. The molecule has 0 saturated carbocycles. The van der Waals surface area contributed by atoms with E-state index in [4.69, 9.17) is 0 Å². The zero-order valence-electron chi connectivity index (χ0n) is 16.7. The maximum Gasteiger partial charge on any atom is 0.255 e. The zero-order valence-corrected chi connectivity index (χ0v) is 16.7. The predicted molar refractivity (Wildman–Crippen MR) is 117 cm³/mol. The lowest BCUT2D eigenvalue weighted by atomic mass is 10.0. The van der Waals surface area contributed by atoms with Crippen LogP contribution in [-0.4, -0.2) is 43.9 Å². The number of hydrogen-bond donors (Lipinski definition) is 2. The van der Waals surface area contributed by atoms with Crippen LogP contribution in [0.3, 0.4) is 0 Å². The van der Waals surface area contributed by atoms with E-state index in [1.165, 1.54) is 0 Å². The molecule has 2 amide bonds. The minimum Gasteiger partial charge on any atom is -0.351 e. The Balaban J connectivity index is 1.70. The standard InChI is InChI=1S/C24H25N3O2/c1-27(2)17-16-25-24(29)21-10-6-7-11-22(21)26-23(28)20-14-12-19(13-15-20)18-8-4-3-5-9-18/h3-15H,16-17H2,1-2H3,(H,25,29)(H,26,28). The van der Waals surface area contributed by atoms with Gasteiger partial charge in [-0.05, 0) is 49.5 Å². The summed E-state index contributed by atoms with van der Waals surface area (Å²) in [6.45, 7) is 1.28. The number of likely N-dealkylation sites (N-methyl/N-ethyl adjacent to an activating group) is 1. The van der Waals surface area contributed by atoms with Gasteiger partial charge < -0.3 is 15.5 Å². The van der Waals surface area contributed by atoms with Crippen LogP contribution in [0.4, 0.5) is 5.69 Å². The number of benzene rings is 3. The Hall–Kier alpha value is -3.44. The first kappa shape index (κ1) is 20.3. The third kappa shape index (κ3) is 5.53. The highest BCUT2D eigenvalue weighted by Gasteiger charge is 2.14. The van der Waals surface area contributed by atoms with Crippen LogP contribution in [-0.2, 0) is 0 Å². The van der Waals surface area contributed by atoms with Gasteiger partial charge in [0.25, 0.3) is 11.8 Å². The van der Waals surface area contributed by atoms with Crippen molar-refractivity contribution in [1.29, 1.82) is 0 Å². The second-order valence-electron chi connectivity index (χ2n) is 7.00. The van der Waals surface area contributed by atoms with Gasteiger partial charge in [-0.1, -0.05) is 54.6 Å². The predicted octanol–water partition coefficient (Wildman–Crippen LogP) is 3.90. The van der Waals surface area contributed by atoms with Crippen LogP contribution >= 0.6 is 0 Å². The largest absolute Gasteiger partial charge is 0.351 e. The van der Waals surface area contributed by atoms with Gasteiger partial charge in [0.15, 0.2) is 0 Å². The quantitative estimate of drug-likeness (QED) is 0.646. The number of amides is 2. The van der Waals surface area contributed by atoms with Gasteiger partial charge in [-0.2, -0.15) is 0 Å². The molecular formula is C24H25N3O2. The second kappa shape index (κ2) is 9.66. The number of hydrogen-bond acceptors (Lipinski definition) is 3. The molecule has 5 heteroatoms. The summed E-state index contributed by atoms with van der Waals surface area (Å²) in [5.74, 6) is -0.458. The minimum atomic E-state index is -0.252. The molecule has 3 rings (SSSR count). The zero-order chi connectivity index (χ0) is 20.6. The summed E-state index contributed by atoms with van der Waals surface area (Å²) in [5, 5.41) is 5.73. The van der Waals surface area contributed by atoms with Crippen molar-refractivity contribution in [2.24, 2.45) is 0 Å². The molecule has 2 N–H and O–H groups in total. The monoisotopic (exact) mass is 387 g/mol. The van der Waals surface area contributed by atoms with E-state index >= 15 is 0 Å². The molecule has 0 aliphatic heterocycles. The molecule has 0 aliphatic rings. The van der Waals surface area contributed by atoms with Crippen LogP contribution in [0.25, 0.3) is 11.1 Å². The van der Waals surface area contributed by atoms with E-state index in [1.54, 1.807) is 36.4 Å². The lowest BCUT2D eigenvalue weighted by Gasteiger charge is -2.13. The number of carbonyl (C=O) groups is 2. The molecule has 0 heterocycles. The van der Waals surface area contributed by atoms with Crippen molar-refractivity contribution < 1.29 is 9.59 Å². The van der Waals surface area contributed by atoms with Gasteiger partial charge in [0.05, 0.1) is 11.3 Å². The van der Waals surface area contributed by atoms with Gasteiger partial charge in [0.2, 0.25) is 0 Å². The molecule has 0 atom stereocenters. The normalized spacial score (nSPS) is 10.6. The summed E-state index contributed by atoms with van der Waals surface area (Å²) in [7, 11) is 3.90. The molecule has 0 aromatic heterocycles. The molecule has 0 spiro atoms. The molecule has 0 saturated heterocycles. The molecule has 3 aromatic carbocycles. The van der Waals surface area contributed by atoms with Crippen LogP contribution in [0.15, 0.2) is 78.9 Å². The molecule has 0 aliphatic carbocycles. The van der Waals surface area contributed by atoms with Crippen LogP contribution < -0.4 is 10.6 Å².